The fourth-order valence-electron chi connectivity index (χ4n) is 4.06. The van der Waals surface area contributed by atoms with Crippen LogP contribution in [0, 0.1) is 5.92 Å². The third-order valence-corrected chi connectivity index (χ3v) is 5.82. The quantitative estimate of drug-likeness (QED) is 0.562. The molecule has 3 N–H and O–H groups in total. The lowest BCUT2D eigenvalue weighted by Crippen LogP contribution is -2.38. The first-order chi connectivity index (χ1) is 15.6. The fourth-order valence-corrected chi connectivity index (χ4v) is 4.06. The van der Waals surface area contributed by atoms with E-state index in [1.165, 1.54) is 0 Å². The van der Waals surface area contributed by atoms with Crippen molar-refractivity contribution in [2.75, 3.05) is 23.3 Å². The van der Waals surface area contributed by atoms with Gasteiger partial charge < -0.3 is 16.0 Å². The molecule has 1 heterocycles. The molecule has 0 bridgehead atoms. The van der Waals surface area contributed by atoms with Gasteiger partial charge in [-0.15, -0.1) is 0 Å². The number of rotatable bonds is 6. The number of primary amides is 1. The van der Waals surface area contributed by atoms with Crippen LogP contribution in [0.3, 0.4) is 0 Å². The Balaban J connectivity index is 1.43. The Kier molecular flexibility index (Phi) is 6.66. The molecule has 0 saturated carbocycles. The zero-order valence-corrected chi connectivity index (χ0v) is 17.9. The van der Waals surface area contributed by atoms with Crippen molar-refractivity contribution in [2.45, 2.75) is 12.8 Å². The number of piperidine rings is 1. The minimum absolute atomic E-state index is 0.0670. The summed E-state index contributed by atoms with van der Waals surface area (Å²) in [5.41, 5.74) is 10.4. The number of hydrogen-bond donors (Lipinski definition) is 2. The number of carbonyl (C=O) groups excluding carboxylic acids is 2. The molecule has 1 saturated heterocycles. The summed E-state index contributed by atoms with van der Waals surface area (Å²) in [4.78, 5) is 26.3. The number of nitrogens with two attached hydrogens (primary N) is 1. The van der Waals surface area contributed by atoms with Gasteiger partial charge in [0.15, 0.2) is 0 Å². The maximum absolute atomic E-state index is 12.6. The summed E-state index contributed by atoms with van der Waals surface area (Å²) < 4.78 is 0. The highest BCUT2D eigenvalue weighted by Crippen LogP contribution is 2.30. The van der Waals surface area contributed by atoms with Crippen LogP contribution in [0.15, 0.2) is 84.9 Å². The highest BCUT2D eigenvalue weighted by molar-refractivity contribution is 6.03. The second-order valence-electron chi connectivity index (χ2n) is 7.99. The van der Waals surface area contributed by atoms with E-state index in [9.17, 15) is 9.59 Å². The Morgan fingerprint density at radius 3 is 2.31 bits per heavy atom. The van der Waals surface area contributed by atoms with E-state index in [-0.39, 0.29) is 17.7 Å². The zero-order chi connectivity index (χ0) is 22.3. The highest BCUT2D eigenvalue weighted by atomic mass is 16.1. The summed E-state index contributed by atoms with van der Waals surface area (Å²) in [6.07, 6.45) is 4.84. The van der Waals surface area contributed by atoms with Crippen LogP contribution in [-0.2, 0) is 9.59 Å². The number of para-hydroxylation sites is 2. The lowest BCUT2D eigenvalue weighted by molar-refractivity contribution is -0.122. The van der Waals surface area contributed by atoms with E-state index in [0.29, 0.717) is 0 Å². The smallest absolute Gasteiger partial charge is 0.248 e. The average molecular weight is 426 g/mol. The molecule has 3 aromatic carbocycles. The second-order valence-corrected chi connectivity index (χ2v) is 7.99. The van der Waals surface area contributed by atoms with Gasteiger partial charge in [0, 0.05) is 25.1 Å². The lowest BCUT2D eigenvalue weighted by atomic mass is 9.96. The maximum Gasteiger partial charge on any atom is 0.248 e. The predicted octanol–water partition coefficient (Wildman–Crippen LogP) is 4.71. The van der Waals surface area contributed by atoms with Crippen molar-refractivity contribution in [2.24, 2.45) is 11.7 Å². The molecule has 1 fully saturated rings. The van der Waals surface area contributed by atoms with Crippen molar-refractivity contribution in [3.63, 3.8) is 0 Å². The van der Waals surface area contributed by atoms with Crippen LogP contribution in [0.2, 0.25) is 0 Å². The molecule has 4 rings (SSSR count). The highest BCUT2D eigenvalue weighted by Gasteiger charge is 2.24. The molecule has 1 aliphatic heterocycles. The monoisotopic (exact) mass is 425 g/mol. The van der Waals surface area contributed by atoms with Crippen molar-refractivity contribution in [1.82, 2.24) is 0 Å². The van der Waals surface area contributed by atoms with Gasteiger partial charge in [0.1, 0.15) is 0 Å². The largest absolute Gasteiger partial charge is 0.370 e. The van der Waals surface area contributed by atoms with Crippen molar-refractivity contribution >= 4 is 29.3 Å². The molecule has 5 nitrogen and oxygen atoms in total. The van der Waals surface area contributed by atoms with E-state index < -0.39 is 0 Å². The standard InChI is InChI=1S/C27H27N3O2/c28-27(32)22-15-17-30(18-16-22)25-12-5-4-11-24(25)29-26(31)14-13-20-7-6-10-23(19-20)21-8-2-1-3-9-21/h1-14,19,22H,15-18H2,(H2,28,32)(H,29,31)/b14-13+. The summed E-state index contributed by atoms with van der Waals surface area (Å²) in [6, 6.07) is 26.0. The van der Waals surface area contributed by atoms with Crippen LogP contribution in [-0.4, -0.2) is 24.9 Å². The molecule has 0 aromatic heterocycles. The molecule has 1 aliphatic rings. The number of hydrogen-bond acceptors (Lipinski definition) is 3. The van der Waals surface area contributed by atoms with Gasteiger partial charge in [-0.05, 0) is 53.8 Å². The Labute approximate surface area is 188 Å². The van der Waals surface area contributed by atoms with Crippen LogP contribution in [0.4, 0.5) is 11.4 Å². The minimum Gasteiger partial charge on any atom is -0.370 e. The summed E-state index contributed by atoms with van der Waals surface area (Å²) in [7, 11) is 0. The molecule has 2 amide bonds. The van der Waals surface area contributed by atoms with Gasteiger partial charge >= 0.3 is 0 Å². The van der Waals surface area contributed by atoms with Gasteiger partial charge in [0.05, 0.1) is 11.4 Å². The van der Waals surface area contributed by atoms with Crippen LogP contribution >= 0.6 is 0 Å². The molecule has 0 unspecified atom stereocenters. The number of benzene rings is 3. The Hall–Kier alpha value is -3.86. The van der Waals surface area contributed by atoms with Crippen LogP contribution in [0.25, 0.3) is 17.2 Å². The molecule has 5 heteroatoms. The van der Waals surface area contributed by atoms with E-state index in [1.54, 1.807) is 6.08 Å². The Morgan fingerprint density at radius 2 is 1.56 bits per heavy atom. The van der Waals surface area contributed by atoms with E-state index in [2.05, 4.69) is 34.5 Å². The predicted molar refractivity (Wildman–Crippen MR) is 130 cm³/mol. The van der Waals surface area contributed by atoms with Crippen molar-refractivity contribution < 1.29 is 9.59 Å². The number of anilines is 2. The van der Waals surface area contributed by atoms with E-state index in [0.717, 1.165) is 54.0 Å². The van der Waals surface area contributed by atoms with Gasteiger partial charge in [-0.1, -0.05) is 60.7 Å². The molecule has 32 heavy (non-hydrogen) atoms. The normalized spacial score (nSPS) is 14.4. The van der Waals surface area contributed by atoms with Gasteiger partial charge in [0.25, 0.3) is 0 Å². The zero-order valence-electron chi connectivity index (χ0n) is 17.9. The Bertz CT molecular complexity index is 1120. The van der Waals surface area contributed by atoms with Crippen molar-refractivity contribution in [3.8, 4) is 11.1 Å². The average Bonchev–Trinajstić information content (AvgIpc) is 2.84. The first-order valence-electron chi connectivity index (χ1n) is 10.9. The van der Waals surface area contributed by atoms with E-state index in [4.69, 9.17) is 5.73 Å². The van der Waals surface area contributed by atoms with E-state index >= 15 is 0 Å². The topological polar surface area (TPSA) is 75.4 Å². The van der Waals surface area contributed by atoms with Crippen molar-refractivity contribution in [1.29, 1.82) is 0 Å². The number of amides is 2. The van der Waals surface area contributed by atoms with Crippen LogP contribution in [0.5, 0.6) is 0 Å². The molecule has 0 spiro atoms. The van der Waals surface area contributed by atoms with Gasteiger partial charge in [-0.3, -0.25) is 9.59 Å². The summed E-state index contributed by atoms with van der Waals surface area (Å²) in [6.45, 7) is 1.48. The summed E-state index contributed by atoms with van der Waals surface area (Å²) in [5, 5.41) is 3.00. The summed E-state index contributed by atoms with van der Waals surface area (Å²) in [5.74, 6) is -0.482. The number of carbonyl (C=O) groups is 2. The molecule has 0 aliphatic carbocycles. The fraction of sp³-hybridized carbons (Fsp3) is 0.185. The Morgan fingerprint density at radius 1 is 0.875 bits per heavy atom. The van der Waals surface area contributed by atoms with Crippen LogP contribution < -0.4 is 16.0 Å². The third-order valence-electron chi connectivity index (χ3n) is 5.82. The van der Waals surface area contributed by atoms with Gasteiger partial charge in [-0.2, -0.15) is 0 Å². The molecule has 162 valence electrons. The summed E-state index contributed by atoms with van der Waals surface area (Å²) >= 11 is 0. The first kappa shape index (κ1) is 21.4. The third kappa shape index (κ3) is 5.24. The molecule has 0 atom stereocenters. The molecular formula is C27H27N3O2. The number of nitrogens with one attached hydrogen (secondary N) is 1. The molecule has 0 radical (unpaired) electrons. The maximum atomic E-state index is 12.6. The first-order valence-corrected chi connectivity index (χ1v) is 10.9. The molecular weight excluding hydrogens is 398 g/mol. The van der Waals surface area contributed by atoms with Crippen LogP contribution in [0.1, 0.15) is 18.4 Å². The van der Waals surface area contributed by atoms with E-state index in [1.807, 2.05) is 60.7 Å². The number of nitrogens with zero attached hydrogens (tertiary/aromatic N) is 1. The van der Waals surface area contributed by atoms with Crippen molar-refractivity contribution in [3.05, 3.63) is 90.5 Å². The lowest BCUT2D eigenvalue weighted by Gasteiger charge is -2.33. The van der Waals surface area contributed by atoms with Gasteiger partial charge in [0.2, 0.25) is 11.8 Å². The minimum atomic E-state index is -0.229. The second kappa shape index (κ2) is 9.96. The SMILES string of the molecule is NC(=O)C1CCN(c2ccccc2NC(=O)/C=C/c2cccc(-c3ccccc3)c2)CC1. The molecule has 3 aromatic rings. The van der Waals surface area contributed by atoms with Gasteiger partial charge in [-0.25, -0.2) is 0 Å².